The Morgan fingerprint density at radius 1 is 1.38 bits per heavy atom. The molecule has 7 heteroatoms. The maximum Gasteiger partial charge on any atom is 0.324 e. The summed E-state index contributed by atoms with van der Waals surface area (Å²) in [4.78, 5) is 34.2. The summed E-state index contributed by atoms with van der Waals surface area (Å²) in [5.74, 6) is -3.32. The fourth-order valence-electron chi connectivity index (χ4n) is 1.61. The zero-order valence-corrected chi connectivity index (χ0v) is 9.06. The van der Waals surface area contributed by atoms with Crippen molar-refractivity contribution >= 4 is 17.8 Å². The molecule has 16 heavy (non-hydrogen) atoms. The second-order valence-corrected chi connectivity index (χ2v) is 4.01. The molecule has 1 aliphatic carbocycles. The lowest BCUT2D eigenvalue weighted by Crippen LogP contribution is -2.46. The van der Waals surface area contributed by atoms with Crippen LogP contribution in [0.1, 0.15) is 6.42 Å². The van der Waals surface area contributed by atoms with Gasteiger partial charge in [0.15, 0.2) is 0 Å². The highest BCUT2D eigenvalue weighted by molar-refractivity contribution is 5.96. The van der Waals surface area contributed by atoms with Crippen molar-refractivity contribution in [2.75, 3.05) is 20.6 Å². The van der Waals surface area contributed by atoms with E-state index in [1.54, 1.807) is 0 Å². The van der Waals surface area contributed by atoms with Crippen LogP contribution >= 0.6 is 0 Å². The Morgan fingerprint density at radius 3 is 2.31 bits per heavy atom. The summed E-state index contributed by atoms with van der Waals surface area (Å²) in [6, 6.07) is 0. The van der Waals surface area contributed by atoms with E-state index in [0.29, 0.717) is 0 Å². The van der Waals surface area contributed by atoms with Crippen molar-refractivity contribution < 1.29 is 24.6 Å². The van der Waals surface area contributed by atoms with Crippen molar-refractivity contribution in [3.63, 3.8) is 0 Å². The second kappa shape index (κ2) is 4.09. The van der Waals surface area contributed by atoms with Gasteiger partial charge < -0.3 is 15.1 Å². The SMILES string of the molecule is CN(C)C(=O)C1CC1(NCC(=O)O)C(=O)O. The molecule has 1 aliphatic rings. The zero-order valence-electron chi connectivity index (χ0n) is 9.06. The Hall–Kier alpha value is -1.63. The van der Waals surface area contributed by atoms with Gasteiger partial charge in [0, 0.05) is 14.1 Å². The second-order valence-electron chi connectivity index (χ2n) is 4.01. The lowest BCUT2D eigenvalue weighted by atomic mass is 10.2. The molecule has 1 fully saturated rings. The molecule has 0 spiro atoms. The third-order valence-corrected chi connectivity index (χ3v) is 2.64. The van der Waals surface area contributed by atoms with Crippen molar-refractivity contribution in [2.45, 2.75) is 12.0 Å². The van der Waals surface area contributed by atoms with Gasteiger partial charge in [-0.3, -0.25) is 19.7 Å². The first-order chi connectivity index (χ1) is 7.31. The first-order valence-electron chi connectivity index (χ1n) is 4.72. The van der Waals surface area contributed by atoms with Crippen LogP contribution in [0.4, 0.5) is 0 Å². The van der Waals surface area contributed by atoms with Gasteiger partial charge in [0.25, 0.3) is 0 Å². The molecule has 0 radical (unpaired) electrons. The highest BCUT2D eigenvalue weighted by Gasteiger charge is 2.64. The van der Waals surface area contributed by atoms with Crippen LogP contribution in [0.15, 0.2) is 0 Å². The normalized spacial score (nSPS) is 27.2. The predicted molar refractivity (Wildman–Crippen MR) is 52.8 cm³/mol. The molecule has 2 unspecified atom stereocenters. The molecular weight excluding hydrogens is 216 g/mol. The van der Waals surface area contributed by atoms with Crippen molar-refractivity contribution in [1.29, 1.82) is 0 Å². The molecule has 0 heterocycles. The van der Waals surface area contributed by atoms with Crippen LogP contribution in [0.3, 0.4) is 0 Å². The average Bonchev–Trinajstić information content (AvgIpc) is 2.89. The minimum Gasteiger partial charge on any atom is -0.480 e. The Morgan fingerprint density at radius 2 is 1.94 bits per heavy atom. The third-order valence-electron chi connectivity index (χ3n) is 2.64. The van der Waals surface area contributed by atoms with E-state index < -0.39 is 29.9 Å². The smallest absolute Gasteiger partial charge is 0.324 e. The number of carboxylic acid groups (broad SMARTS) is 2. The number of carbonyl (C=O) groups is 3. The van der Waals surface area contributed by atoms with Crippen LogP contribution in [0, 0.1) is 5.92 Å². The van der Waals surface area contributed by atoms with Crippen molar-refractivity contribution in [3.8, 4) is 0 Å². The summed E-state index contributed by atoms with van der Waals surface area (Å²) in [5, 5.41) is 19.9. The van der Waals surface area contributed by atoms with Gasteiger partial charge in [-0.15, -0.1) is 0 Å². The van der Waals surface area contributed by atoms with E-state index in [2.05, 4.69) is 5.32 Å². The van der Waals surface area contributed by atoms with Crippen LogP contribution in [0.5, 0.6) is 0 Å². The number of hydrogen-bond acceptors (Lipinski definition) is 4. The van der Waals surface area contributed by atoms with Gasteiger partial charge in [-0.1, -0.05) is 0 Å². The molecule has 0 aromatic rings. The topological polar surface area (TPSA) is 107 Å². The van der Waals surface area contributed by atoms with Gasteiger partial charge in [0.1, 0.15) is 5.54 Å². The zero-order chi connectivity index (χ0) is 12.5. The minimum absolute atomic E-state index is 0.132. The van der Waals surface area contributed by atoms with Crippen molar-refractivity contribution in [2.24, 2.45) is 5.92 Å². The first kappa shape index (κ1) is 12.4. The molecule has 2 atom stereocenters. The molecule has 0 aromatic carbocycles. The molecule has 0 aromatic heterocycles. The van der Waals surface area contributed by atoms with Gasteiger partial charge in [-0.2, -0.15) is 0 Å². The molecule has 0 saturated heterocycles. The third kappa shape index (κ3) is 2.13. The highest BCUT2D eigenvalue weighted by atomic mass is 16.4. The summed E-state index contributed by atoms with van der Waals surface area (Å²) in [6.07, 6.45) is 0.132. The van der Waals surface area contributed by atoms with E-state index >= 15 is 0 Å². The average molecular weight is 230 g/mol. The monoisotopic (exact) mass is 230 g/mol. The van der Waals surface area contributed by atoms with E-state index in [-0.39, 0.29) is 12.3 Å². The summed E-state index contributed by atoms with van der Waals surface area (Å²) >= 11 is 0. The molecule has 0 bridgehead atoms. The Labute approximate surface area is 92.0 Å². The van der Waals surface area contributed by atoms with E-state index in [1.165, 1.54) is 19.0 Å². The van der Waals surface area contributed by atoms with Crippen LogP contribution in [0.2, 0.25) is 0 Å². The molecule has 1 rings (SSSR count). The number of nitrogens with zero attached hydrogens (tertiary/aromatic N) is 1. The largest absolute Gasteiger partial charge is 0.480 e. The lowest BCUT2D eigenvalue weighted by molar-refractivity contribution is -0.144. The summed E-state index contributed by atoms with van der Waals surface area (Å²) < 4.78 is 0. The molecule has 90 valence electrons. The molecule has 3 N–H and O–H groups in total. The van der Waals surface area contributed by atoms with Gasteiger partial charge in [0.05, 0.1) is 12.5 Å². The van der Waals surface area contributed by atoms with Crippen LogP contribution < -0.4 is 5.32 Å². The molecule has 1 amide bonds. The Kier molecular flexibility index (Phi) is 3.18. The van der Waals surface area contributed by atoms with E-state index in [9.17, 15) is 14.4 Å². The molecule has 0 aliphatic heterocycles. The fraction of sp³-hybridized carbons (Fsp3) is 0.667. The van der Waals surface area contributed by atoms with Gasteiger partial charge in [-0.05, 0) is 6.42 Å². The number of carbonyl (C=O) groups excluding carboxylic acids is 1. The van der Waals surface area contributed by atoms with Gasteiger partial charge >= 0.3 is 11.9 Å². The summed E-state index contributed by atoms with van der Waals surface area (Å²) in [6.45, 7) is -0.469. The van der Waals surface area contributed by atoms with Gasteiger partial charge in [0.2, 0.25) is 5.91 Å². The van der Waals surface area contributed by atoms with Crippen LogP contribution in [-0.2, 0) is 14.4 Å². The Bertz CT molecular complexity index is 341. The molecule has 7 nitrogen and oxygen atoms in total. The van der Waals surface area contributed by atoms with Crippen LogP contribution in [-0.4, -0.2) is 59.1 Å². The molecule has 1 saturated carbocycles. The predicted octanol–water partition coefficient (Wildman–Crippen LogP) is -1.41. The first-order valence-corrected chi connectivity index (χ1v) is 4.72. The maximum atomic E-state index is 11.5. The van der Waals surface area contributed by atoms with E-state index in [0.717, 1.165) is 0 Å². The number of amides is 1. The number of carboxylic acids is 2. The Balaban J connectivity index is 2.70. The standard InChI is InChI=1S/C9H14N2O5/c1-11(2)7(14)5-3-9(5,8(15)16)10-4-6(12)13/h5,10H,3-4H2,1-2H3,(H,12,13)(H,15,16). The number of nitrogens with one attached hydrogen (secondary N) is 1. The highest BCUT2D eigenvalue weighted by Crippen LogP contribution is 2.44. The summed E-state index contributed by atoms with van der Waals surface area (Å²) in [7, 11) is 3.06. The minimum atomic E-state index is -1.40. The van der Waals surface area contributed by atoms with Gasteiger partial charge in [-0.25, -0.2) is 0 Å². The van der Waals surface area contributed by atoms with Crippen molar-refractivity contribution in [1.82, 2.24) is 10.2 Å². The number of hydrogen-bond donors (Lipinski definition) is 3. The summed E-state index contributed by atoms with van der Waals surface area (Å²) in [5.41, 5.74) is -1.40. The number of aliphatic carboxylic acids is 2. The molecular formula is C9H14N2O5. The maximum absolute atomic E-state index is 11.5. The van der Waals surface area contributed by atoms with E-state index in [4.69, 9.17) is 10.2 Å². The van der Waals surface area contributed by atoms with Crippen molar-refractivity contribution in [3.05, 3.63) is 0 Å². The lowest BCUT2D eigenvalue weighted by Gasteiger charge is -2.15. The van der Waals surface area contributed by atoms with Crippen LogP contribution in [0.25, 0.3) is 0 Å². The van der Waals surface area contributed by atoms with E-state index in [1.807, 2.05) is 0 Å². The number of rotatable bonds is 5. The fourth-order valence-corrected chi connectivity index (χ4v) is 1.61. The quantitative estimate of drug-likeness (QED) is 0.535.